The van der Waals surface area contributed by atoms with Crippen molar-refractivity contribution >= 4 is 33.7 Å². The van der Waals surface area contributed by atoms with Crippen molar-refractivity contribution in [1.29, 1.82) is 0 Å². The number of carbonyl (C=O) groups is 1. The second kappa shape index (κ2) is 10.2. The summed E-state index contributed by atoms with van der Waals surface area (Å²) in [5, 5.41) is 11.3. The normalized spacial score (nSPS) is 17.5. The van der Waals surface area contributed by atoms with Crippen LogP contribution in [0.3, 0.4) is 0 Å². The van der Waals surface area contributed by atoms with Gasteiger partial charge in [-0.3, -0.25) is 4.79 Å². The molecule has 1 N–H and O–H groups in total. The fourth-order valence-corrected chi connectivity index (χ4v) is 4.70. The molecule has 4 aromatic rings. The molecule has 1 unspecified atom stereocenters. The molecule has 182 valence electrons. The molecule has 35 heavy (non-hydrogen) atoms. The number of hydrogen-bond acceptors (Lipinski definition) is 8. The molecule has 2 aliphatic heterocycles. The zero-order valence-corrected chi connectivity index (χ0v) is 19.8. The highest BCUT2D eigenvalue weighted by molar-refractivity contribution is 5.89. The highest BCUT2D eigenvalue weighted by Crippen LogP contribution is 2.28. The number of aromatic hydroxyl groups is 1. The fourth-order valence-electron chi connectivity index (χ4n) is 4.70. The molecule has 2 aliphatic rings. The minimum atomic E-state index is -0.0724. The molecule has 0 spiro atoms. The molecular weight excluding hydrogens is 446 g/mol. The first-order chi connectivity index (χ1) is 17.1. The first-order valence-electron chi connectivity index (χ1n) is 12.0. The van der Waals surface area contributed by atoms with Crippen molar-refractivity contribution in [1.82, 2.24) is 19.5 Å². The summed E-state index contributed by atoms with van der Waals surface area (Å²) >= 11 is 0. The Morgan fingerprint density at radius 1 is 1.14 bits per heavy atom. The zero-order valence-electron chi connectivity index (χ0n) is 19.8. The average Bonchev–Trinajstić information content (AvgIpc) is 3.64. The number of anilines is 1. The van der Waals surface area contributed by atoms with Crippen molar-refractivity contribution in [3.05, 3.63) is 49.1 Å². The Morgan fingerprint density at radius 3 is 2.77 bits per heavy atom. The van der Waals surface area contributed by atoms with Gasteiger partial charge in [-0.1, -0.05) is 18.2 Å². The van der Waals surface area contributed by atoms with E-state index < -0.39 is 0 Å². The fraction of sp³-hybridized carbons (Fsp3) is 0.385. The minimum Gasteiger partial charge on any atom is -0.508 e. The van der Waals surface area contributed by atoms with Gasteiger partial charge >= 0.3 is 5.97 Å². The van der Waals surface area contributed by atoms with Gasteiger partial charge in [0.15, 0.2) is 17.0 Å². The van der Waals surface area contributed by atoms with Gasteiger partial charge in [0.1, 0.15) is 17.8 Å². The smallest absolute Gasteiger partial charge is 0.309 e. The summed E-state index contributed by atoms with van der Waals surface area (Å²) < 4.78 is 12.2. The van der Waals surface area contributed by atoms with E-state index in [1.54, 1.807) is 31.9 Å². The van der Waals surface area contributed by atoms with Gasteiger partial charge in [0.25, 0.3) is 0 Å². The lowest BCUT2D eigenvalue weighted by Crippen LogP contribution is -2.19. The van der Waals surface area contributed by atoms with Crippen LogP contribution in [0.5, 0.6) is 11.5 Å². The van der Waals surface area contributed by atoms with Crippen LogP contribution in [0.4, 0.5) is 5.82 Å². The van der Waals surface area contributed by atoms with Crippen molar-refractivity contribution in [3.63, 3.8) is 0 Å². The molecule has 6 rings (SSSR count). The summed E-state index contributed by atoms with van der Waals surface area (Å²) in [6.07, 6.45) is 7.41. The van der Waals surface area contributed by atoms with Crippen LogP contribution in [0, 0.1) is 5.92 Å². The quantitative estimate of drug-likeness (QED) is 0.433. The molecule has 0 radical (unpaired) electrons. The van der Waals surface area contributed by atoms with E-state index in [0.717, 1.165) is 66.0 Å². The number of imidazole rings is 1. The largest absolute Gasteiger partial charge is 0.508 e. The van der Waals surface area contributed by atoms with Gasteiger partial charge in [-0.2, -0.15) is 0 Å². The average molecular weight is 476 g/mol. The summed E-state index contributed by atoms with van der Waals surface area (Å²) in [5.41, 5.74) is 1.71. The van der Waals surface area contributed by atoms with E-state index in [9.17, 15) is 9.90 Å². The predicted octanol–water partition coefficient (Wildman–Crippen LogP) is 3.93. The van der Waals surface area contributed by atoms with E-state index in [4.69, 9.17) is 9.47 Å². The maximum atomic E-state index is 11.5. The molecule has 0 aliphatic carbocycles. The molecule has 2 fully saturated rings. The molecule has 1 atom stereocenters. The molecule has 9 nitrogen and oxygen atoms in total. The van der Waals surface area contributed by atoms with Crippen molar-refractivity contribution < 1.29 is 19.4 Å². The van der Waals surface area contributed by atoms with Gasteiger partial charge < -0.3 is 24.0 Å². The molecule has 0 saturated carbocycles. The third kappa shape index (κ3) is 4.84. The number of nitrogens with zero attached hydrogens (tertiary/aromatic N) is 5. The first-order valence-corrected chi connectivity index (χ1v) is 12.0. The number of aryl methyl sites for hydroxylation is 1. The number of phenolic OH excluding ortho intramolecular Hbond substituents is 1. The van der Waals surface area contributed by atoms with Crippen LogP contribution >= 0.6 is 0 Å². The monoisotopic (exact) mass is 475 g/mol. The van der Waals surface area contributed by atoms with Gasteiger partial charge in [0.05, 0.1) is 26.0 Å². The standard InChI is InChI=1S/C15H19N5O2.C11H10O2/c21-15-11(4-8-22-15)3-7-20-10-18-12-13(16-9-17-14(12)20)19-5-1-2-6-19;1-13-11-4-2-3-8-5-6-9(12)7-10(8)11/h9-11H,1-8H2;2-7,12H,1H3. The molecule has 0 bridgehead atoms. The topological polar surface area (TPSA) is 103 Å². The van der Waals surface area contributed by atoms with Crippen molar-refractivity contribution in [3.8, 4) is 11.5 Å². The van der Waals surface area contributed by atoms with Gasteiger partial charge in [-0.05, 0) is 49.3 Å². The number of carbonyl (C=O) groups excluding carboxylic acids is 1. The maximum absolute atomic E-state index is 11.5. The lowest BCUT2D eigenvalue weighted by atomic mass is 10.0. The van der Waals surface area contributed by atoms with E-state index in [1.807, 2.05) is 28.8 Å². The summed E-state index contributed by atoms with van der Waals surface area (Å²) in [7, 11) is 1.62. The molecule has 0 amide bonds. The number of methoxy groups -OCH3 is 1. The number of cyclic esters (lactones) is 1. The third-order valence-electron chi connectivity index (χ3n) is 6.60. The Hall–Kier alpha value is -3.88. The summed E-state index contributed by atoms with van der Waals surface area (Å²) in [5.74, 6) is 1.92. The molecule has 2 saturated heterocycles. The van der Waals surface area contributed by atoms with E-state index in [2.05, 4.69) is 19.9 Å². The number of phenols is 1. The van der Waals surface area contributed by atoms with E-state index in [1.165, 1.54) is 12.8 Å². The van der Waals surface area contributed by atoms with Crippen LogP contribution < -0.4 is 9.64 Å². The van der Waals surface area contributed by atoms with Crippen LogP contribution in [0.15, 0.2) is 49.1 Å². The van der Waals surface area contributed by atoms with Crippen LogP contribution in [-0.4, -0.2) is 57.4 Å². The Balaban J connectivity index is 0.000000166. The minimum absolute atomic E-state index is 0.0114. The molecule has 2 aromatic heterocycles. The molecule has 9 heteroatoms. The number of rotatable bonds is 5. The van der Waals surface area contributed by atoms with E-state index >= 15 is 0 Å². The van der Waals surface area contributed by atoms with Gasteiger partial charge in [-0.15, -0.1) is 0 Å². The predicted molar refractivity (Wildman–Crippen MR) is 133 cm³/mol. The van der Waals surface area contributed by atoms with Crippen LogP contribution in [0.2, 0.25) is 0 Å². The van der Waals surface area contributed by atoms with Crippen LogP contribution in [-0.2, 0) is 16.1 Å². The SMILES string of the molecule is COc1cccc2ccc(O)cc12.O=C1OCCC1CCn1cnc2c(N3CCCC3)ncnc21. The highest BCUT2D eigenvalue weighted by atomic mass is 16.5. The van der Waals surface area contributed by atoms with Crippen LogP contribution in [0.1, 0.15) is 25.7 Å². The Labute approximate surface area is 203 Å². The van der Waals surface area contributed by atoms with Gasteiger partial charge in [0, 0.05) is 25.0 Å². The Morgan fingerprint density at radius 2 is 2.00 bits per heavy atom. The van der Waals surface area contributed by atoms with E-state index in [0.29, 0.717) is 6.61 Å². The zero-order chi connectivity index (χ0) is 24.2. The summed E-state index contributed by atoms with van der Waals surface area (Å²) in [6, 6.07) is 11.0. The van der Waals surface area contributed by atoms with Crippen LogP contribution in [0.25, 0.3) is 21.9 Å². The lowest BCUT2D eigenvalue weighted by Gasteiger charge is -2.16. The number of esters is 1. The summed E-state index contributed by atoms with van der Waals surface area (Å²) in [4.78, 5) is 27.1. The Kier molecular flexibility index (Phi) is 6.65. The molecule has 4 heterocycles. The van der Waals surface area contributed by atoms with E-state index in [-0.39, 0.29) is 17.6 Å². The Bertz CT molecular complexity index is 1330. The van der Waals surface area contributed by atoms with Crippen molar-refractivity contribution in [2.75, 3.05) is 31.7 Å². The lowest BCUT2D eigenvalue weighted by molar-refractivity contribution is -0.141. The maximum Gasteiger partial charge on any atom is 0.309 e. The highest BCUT2D eigenvalue weighted by Gasteiger charge is 2.26. The molecule has 2 aromatic carbocycles. The number of fused-ring (bicyclic) bond motifs is 2. The van der Waals surface area contributed by atoms with Crippen molar-refractivity contribution in [2.45, 2.75) is 32.2 Å². The second-order valence-corrected chi connectivity index (χ2v) is 8.81. The number of aromatic nitrogens is 4. The van der Waals surface area contributed by atoms with Gasteiger partial charge in [-0.25, -0.2) is 15.0 Å². The first kappa shape index (κ1) is 22.9. The van der Waals surface area contributed by atoms with Crippen molar-refractivity contribution in [2.24, 2.45) is 5.92 Å². The third-order valence-corrected chi connectivity index (χ3v) is 6.60. The van der Waals surface area contributed by atoms with Gasteiger partial charge in [0.2, 0.25) is 0 Å². The second-order valence-electron chi connectivity index (χ2n) is 8.81. The molecular formula is C26H29N5O4. The number of ether oxygens (including phenoxy) is 2. The summed E-state index contributed by atoms with van der Waals surface area (Å²) in [6.45, 7) is 3.35. The number of hydrogen-bond donors (Lipinski definition) is 1. The number of benzene rings is 2.